The van der Waals surface area contributed by atoms with Gasteiger partial charge in [0.2, 0.25) is 0 Å². The van der Waals surface area contributed by atoms with Crippen LogP contribution in [0.2, 0.25) is 0 Å². The molecule has 0 aliphatic rings. The molecule has 130 valence electrons. The molecule has 1 atom stereocenters. The van der Waals surface area contributed by atoms with Gasteiger partial charge in [0.25, 0.3) is 0 Å². The molecule has 0 amide bonds. The summed E-state index contributed by atoms with van der Waals surface area (Å²) in [6, 6.07) is 5.42. The number of aromatic amines is 1. The summed E-state index contributed by atoms with van der Waals surface area (Å²) in [4.78, 5) is 7.61. The lowest BCUT2D eigenvalue weighted by atomic mass is 10.0. The van der Waals surface area contributed by atoms with Crippen LogP contribution >= 0.6 is 28.4 Å². The number of rotatable bonds is 5. The lowest BCUT2D eigenvalue weighted by Crippen LogP contribution is -2.01. The molecule has 25 heavy (non-hydrogen) atoms. The molecule has 0 saturated carbocycles. The Balaban J connectivity index is 1.98. The molecular weight excluding hydrogens is 452 g/mol. The lowest BCUT2D eigenvalue weighted by molar-refractivity contribution is -0.137. The number of anilines is 1. The first-order valence-electron chi connectivity index (χ1n) is 7.31. The van der Waals surface area contributed by atoms with Crippen molar-refractivity contribution in [2.45, 2.75) is 6.92 Å². The van der Waals surface area contributed by atoms with Gasteiger partial charge >= 0.3 is 0 Å². The van der Waals surface area contributed by atoms with Crippen molar-refractivity contribution in [1.82, 2.24) is 14.5 Å². The van der Waals surface area contributed by atoms with Gasteiger partial charge in [0.05, 0.1) is 24.0 Å². The summed E-state index contributed by atoms with van der Waals surface area (Å²) < 4.78 is 1.84. The smallest absolute Gasteiger partial charge is 0.175 e. The summed E-state index contributed by atoms with van der Waals surface area (Å²) in [5.74, 6) is 0.262. The molecule has 2 aromatic heterocycles. The van der Waals surface area contributed by atoms with Crippen LogP contribution in [0, 0.1) is 6.92 Å². The predicted octanol–water partition coefficient (Wildman–Crippen LogP) is 3.87. The van der Waals surface area contributed by atoms with Crippen molar-refractivity contribution in [1.29, 1.82) is 0 Å². The van der Waals surface area contributed by atoms with E-state index in [1.54, 1.807) is 24.4 Å². The van der Waals surface area contributed by atoms with Gasteiger partial charge < -0.3 is 21.3 Å². The van der Waals surface area contributed by atoms with E-state index in [4.69, 9.17) is 11.5 Å². The van der Waals surface area contributed by atoms with Gasteiger partial charge in [-0.05, 0) is 58.3 Å². The maximum atomic E-state index is 9.28. The first kappa shape index (κ1) is 17.8. The van der Waals surface area contributed by atoms with Gasteiger partial charge in [-0.25, -0.2) is 9.71 Å². The molecule has 6 N–H and O–H groups in total. The van der Waals surface area contributed by atoms with Crippen LogP contribution in [0.3, 0.4) is 0 Å². The summed E-state index contributed by atoms with van der Waals surface area (Å²) in [7, 11) is 0. The van der Waals surface area contributed by atoms with Crippen LogP contribution in [-0.4, -0.2) is 19.8 Å². The van der Waals surface area contributed by atoms with Crippen molar-refractivity contribution < 1.29 is 10.1 Å². The third kappa shape index (κ3) is 3.65. The number of nitrogens with one attached hydrogen (secondary N) is 1. The Labute approximate surface area is 159 Å². The topological polar surface area (TPSA) is 115 Å². The molecule has 0 aliphatic carbocycles. The highest BCUT2D eigenvalue weighted by Gasteiger charge is 2.12. The number of aryl methyl sites for hydroxylation is 1. The average Bonchev–Trinajstić information content (AvgIpc) is 3.23. The van der Waals surface area contributed by atoms with Crippen molar-refractivity contribution in [3.8, 4) is 16.9 Å². The predicted molar refractivity (Wildman–Crippen MR) is 111 cm³/mol. The molecule has 2 heterocycles. The van der Waals surface area contributed by atoms with Crippen molar-refractivity contribution in [3.05, 3.63) is 53.6 Å². The molecule has 0 aliphatic heterocycles. The summed E-state index contributed by atoms with van der Waals surface area (Å²) in [6.07, 6.45) is 7.75. The molecule has 1 unspecified atom stereocenters. The quantitative estimate of drug-likeness (QED) is 0.196. The number of halogens is 1. The number of nitrogens with two attached hydrogens (primary N) is 2. The first-order valence-corrected chi connectivity index (χ1v) is 11.4. The van der Waals surface area contributed by atoms with Crippen LogP contribution in [0.4, 0.5) is 5.69 Å². The second kappa shape index (κ2) is 7.47. The fourth-order valence-electron chi connectivity index (χ4n) is 2.44. The second-order valence-electron chi connectivity index (χ2n) is 5.46. The molecule has 3 aromatic rings. The zero-order valence-corrected chi connectivity index (χ0v) is 16.5. The van der Waals surface area contributed by atoms with Gasteiger partial charge in [-0.3, -0.25) is 0 Å². The Morgan fingerprint density at radius 1 is 1.44 bits per heavy atom. The Hall–Kier alpha value is -2.03. The molecule has 0 bridgehead atoms. The minimum atomic E-state index is 0.262. The average molecular weight is 469 g/mol. The highest BCUT2D eigenvalue weighted by molar-refractivity contribution is 14.2. The SMILES string of the molecule is Cc1c[nH]c(/C=C(\N)c2ccc(-c3cnn(PI)c3)cc2OO)c1N. The van der Waals surface area contributed by atoms with E-state index in [2.05, 4.69) is 37.0 Å². The Morgan fingerprint density at radius 3 is 2.84 bits per heavy atom. The van der Waals surface area contributed by atoms with Gasteiger partial charge in [0, 0.05) is 29.2 Å². The monoisotopic (exact) mass is 469 g/mol. The Bertz CT molecular complexity index is 935. The number of aromatic nitrogens is 3. The fourth-order valence-corrected chi connectivity index (χ4v) is 3.52. The number of hydrogen-bond acceptors (Lipinski definition) is 5. The number of hydrogen-bond donors (Lipinski definition) is 4. The number of H-pyrrole nitrogens is 1. The molecule has 0 saturated heterocycles. The largest absolute Gasteiger partial charge is 0.398 e. The highest BCUT2D eigenvalue weighted by atomic mass is 127. The van der Waals surface area contributed by atoms with Crippen LogP contribution in [0.25, 0.3) is 22.9 Å². The zero-order valence-electron chi connectivity index (χ0n) is 13.3. The third-order valence-corrected chi connectivity index (χ3v) is 5.75. The Morgan fingerprint density at radius 2 is 2.24 bits per heavy atom. The summed E-state index contributed by atoms with van der Waals surface area (Å²) in [5.41, 5.74) is 17.3. The molecule has 0 spiro atoms. The van der Waals surface area contributed by atoms with Crippen molar-refractivity contribution in [2.75, 3.05) is 5.73 Å². The molecule has 9 heteroatoms. The van der Waals surface area contributed by atoms with E-state index in [0.29, 0.717) is 29.0 Å². The molecule has 1 aromatic carbocycles. The van der Waals surface area contributed by atoms with Gasteiger partial charge in [0.15, 0.2) is 5.75 Å². The van der Waals surface area contributed by atoms with Gasteiger partial charge in [-0.15, -0.1) is 0 Å². The van der Waals surface area contributed by atoms with E-state index in [9.17, 15) is 5.26 Å². The standard InChI is InChI=1S/C16H17IN5O2P/c1-9-6-20-14(16(9)19)5-13(18)12-3-2-10(4-15(12)24-23)11-7-21-22(8-11)25-17/h2-8,20,23,25H,18-19H2,1H3/b13-5-. The second-order valence-corrected chi connectivity index (χ2v) is 7.53. The molecular formula is C16H17IN5O2P. The third-order valence-electron chi connectivity index (χ3n) is 3.85. The van der Waals surface area contributed by atoms with Crippen molar-refractivity contribution in [2.24, 2.45) is 5.73 Å². The maximum Gasteiger partial charge on any atom is 0.175 e. The van der Waals surface area contributed by atoms with Crippen molar-refractivity contribution >= 4 is 45.9 Å². The maximum absolute atomic E-state index is 9.28. The Kier molecular flexibility index (Phi) is 5.31. The summed E-state index contributed by atoms with van der Waals surface area (Å²) in [5, 5.41) is 13.5. The first-order chi connectivity index (χ1) is 12.0. The van der Waals surface area contributed by atoms with Gasteiger partial charge in [-0.2, -0.15) is 5.10 Å². The van der Waals surface area contributed by atoms with Crippen LogP contribution in [0.1, 0.15) is 16.8 Å². The van der Waals surface area contributed by atoms with E-state index in [1.807, 2.05) is 29.8 Å². The van der Waals surface area contributed by atoms with E-state index < -0.39 is 0 Å². The fraction of sp³-hybridized carbons (Fsp3) is 0.0625. The zero-order chi connectivity index (χ0) is 18.0. The molecule has 3 rings (SSSR count). The highest BCUT2D eigenvalue weighted by Crippen LogP contribution is 2.32. The number of nitrogens with zero attached hydrogens (tertiary/aromatic N) is 2. The van der Waals surface area contributed by atoms with Gasteiger partial charge in [0.1, 0.15) is 0 Å². The van der Waals surface area contributed by atoms with E-state index in [-0.39, 0.29) is 5.75 Å². The minimum absolute atomic E-state index is 0.262. The van der Waals surface area contributed by atoms with Crippen molar-refractivity contribution in [3.63, 3.8) is 0 Å². The molecule has 0 fully saturated rings. The van der Waals surface area contributed by atoms with Crippen LogP contribution in [0.15, 0.2) is 36.8 Å². The lowest BCUT2D eigenvalue weighted by Gasteiger charge is -2.09. The van der Waals surface area contributed by atoms with Crippen LogP contribution < -0.4 is 16.4 Å². The van der Waals surface area contributed by atoms with E-state index in [0.717, 1.165) is 16.7 Å². The van der Waals surface area contributed by atoms with Crippen LogP contribution in [0.5, 0.6) is 5.75 Å². The van der Waals surface area contributed by atoms with E-state index in [1.165, 1.54) is 0 Å². The minimum Gasteiger partial charge on any atom is -0.398 e. The van der Waals surface area contributed by atoms with Crippen LogP contribution in [-0.2, 0) is 0 Å². The van der Waals surface area contributed by atoms with Gasteiger partial charge in [-0.1, -0.05) is 6.07 Å². The number of benzene rings is 1. The summed E-state index contributed by atoms with van der Waals surface area (Å²) in [6.45, 7) is 1.91. The number of nitrogen functional groups attached to an aromatic ring is 1. The summed E-state index contributed by atoms with van der Waals surface area (Å²) >= 11 is 2.26. The van der Waals surface area contributed by atoms with E-state index >= 15 is 0 Å². The molecule has 0 radical (unpaired) electrons. The molecule has 7 nitrogen and oxygen atoms in total. The normalized spacial score (nSPS) is 12.2.